The van der Waals surface area contributed by atoms with Gasteiger partial charge in [-0.3, -0.25) is 0 Å². The fourth-order valence-corrected chi connectivity index (χ4v) is 2.17. The van der Waals surface area contributed by atoms with Crippen LogP contribution in [-0.2, 0) is 0 Å². The smallest absolute Gasteiger partial charge is 0.109 e. The summed E-state index contributed by atoms with van der Waals surface area (Å²) in [6.45, 7) is 0. The predicted octanol–water partition coefficient (Wildman–Crippen LogP) is 2.09. The molecule has 4 atom stereocenters. The predicted molar refractivity (Wildman–Crippen MR) is 30.6 cm³/mol. The van der Waals surface area contributed by atoms with E-state index in [0.717, 1.165) is 12.8 Å². The molecule has 52 valence electrons. The minimum absolute atomic E-state index is 0.0741. The molecule has 2 bridgehead atoms. The molecule has 0 radical (unpaired) electrons. The van der Waals surface area contributed by atoms with Crippen LogP contribution in [0, 0.1) is 11.8 Å². The second-order valence-electron chi connectivity index (χ2n) is 3.20. The molecule has 0 heterocycles. The van der Waals surface area contributed by atoms with E-state index >= 15 is 0 Å². The lowest BCUT2D eigenvalue weighted by atomic mass is 9.99. The summed E-state index contributed by atoms with van der Waals surface area (Å²) < 4.78 is 25.4. The van der Waals surface area contributed by atoms with Gasteiger partial charge in [0.25, 0.3) is 0 Å². The van der Waals surface area contributed by atoms with Crippen molar-refractivity contribution in [1.29, 1.82) is 0 Å². The third kappa shape index (κ3) is 0.620. The summed E-state index contributed by atoms with van der Waals surface area (Å²) in [6.07, 6.45) is 0.573. The summed E-state index contributed by atoms with van der Waals surface area (Å²) >= 11 is 0. The van der Waals surface area contributed by atoms with Crippen LogP contribution in [0.1, 0.15) is 19.3 Å². The molecule has 2 rings (SSSR count). The Balaban J connectivity index is 2.16. The van der Waals surface area contributed by atoms with Gasteiger partial charge in [0.2, 0.25) is 0 Å². The van der Waals surface area contributed by atoms with Crippen molar-refractivity contribution in [2.75, 3.05) is 0 Å². The summed E-state index contributed by atoms with van der Waals surface area (Å²) in [4.78, 5) is 0. The van der Waals surface area contributed by atoms with Crippen LogP contribution in [0.15, 0.2) is 0 Å². The van der Waals surface area contributed by atoms with E-state index in [1.54, 1.807) is 0 Å². The van der Waals surface area contributed by atoms with Crippen LogP contribution in [0.4, 0.5) is 8.78 Å². The molecule has 1 unspecified atom stereocenters. The highest BCUT2D eigenvalue weighted by atomic mass is 19.1. The van der Waals surface area contributed by atoms with Crippen LogP contribution < -0.4 is 0 Å². The lowest BCUT2D eigenvalue weighted by Crippen LogP contribution is -2.12. The van der Waals surface area contributed by atoms with E-state index in [0.29, 0.717) is 6.42 Å². The number of fused-ring (bicyclic) bond motifs is 2. The minimum Gasteiger partial charge on any atom is -0.247 e. The number of halogens is 2. The minimum atomic E-state index is -0.821. The average molecular weight is 132 g/mol. The third-order valence-corrected chi connectivity index (χ3v) is 2.72. The maximum Gasteiger partial charge on any atom is 0.109 e. The first-order valence-electron chi connectivity index (χ1n) is 3.57. The molecular weight excluding hydrogens is 122 g/mol. The van der Waals surface area contributed by atoms with Gasteiger partial charge in [-0.2, -0.15) is 0 Å². The average Bonchev–Trinajstić information content (AvgIpc) is 2.25. The first-order valence-corrected chi connectivity index (χ1v) is 3.57. The molecule has 0 aromatic heterocycles. The third-order valence-electron chi connectivity index (χ3n) is 2.72. The molecule has 2 aliphatic carbocycles. The number of hydrogen-bond acceptors (Lipinski definition) is 0. The van der Waals surface area contributed by atoms with Crippen LogP contribution in [-0.4, -0.2) is 12.3 Å². The normalized spacial score (nSPS) is 56.7. The molecule has 2 saturated carbocycles. The van der Waals surface area contributed by atoms with E-state index in [2.05, 4.69) is 0 Å². The fraction of sp³-hybridized carbons (Fsp3) is 1.00. The zero-order valence-corrected chi connectivity index (χ0v) is 5.19. The monoisotopic (exact) mass is 132 g/mol. The van der Waals surface area contributed by atoms with Crippen LogP contribution in [0.2, 0.25) is 0 Å². The Morgan fingerprint density at radius 1 is 1.11 bits per heavy atom. The SMILES string of the molecule is FC1[C@H]2CC[C@@H]1[C@@H](F)C2. The second kappa shape index (κ2) is 1.68. The van der Waals surface area contributed by atoms with Crippen LogP contribution >= 0.6 is 0 Å². The molecule has 0 N–H and O–H groups in total. The van der Waals surface area contributed by atoms with Gasteiger partial charge in [-0.1, -0.05) is 0 Å². The molecule has 2 fully saturated rings. The first kappa shape index (κ1) is 5.63. The zero-order chi connectivity index (χ0) is 6.43. The number of hydrogen-bond donors (Lipinski definition) is 0. The van der Waals surface area contributed by atoms with Crippen molar-refractivity contribution in [1.82, 2.24) is 0 Å². The summed E-state index contributed by atoms with van der Waals surface area (Å²) in [5.41, 5.74) is 0. The van der Waals surface area contributed by atoms with Crippen molar-refractivity contribution in [2.24, 2.45) is 11.8 Å². The van der Waals surface area contributed by atoms with Crippen molar-refractivity contribution >= 4 is 0 Å². The van der Waals surface area contributed by atoms with Crippen LogP contribution in [0.3, 0.4) is 0 Å². The van der Waals surface area contributed by atoms with Gasteiger partial charge in [0, 0.05) is 5.92 Å². The van der Waals surface area contributed by atoms with Gasteiger partial charge in [-0.05, 0) is 25.2 Å². The largest absolute Gasteiger partial charge is 0.247 e. The standard InChI is InChI=1S/C7H10F2/c8-6-3-4-1-2-5(6)7(4)9/h4-7H,1-3H2/t4-,5+,6-,7?/m0/s1. The maximum atomic E-state index is 12.8. The van der Waals surface area contributed by atoms with Crippen molar-refractivity contribution in [3.63, 3.8) is 0 Å². The molecule has 0 saturated heterocycles. The number of alkyl halides is 2. The lowest BCUT2D eigenvalue weighted by Gasteiger charge is -2.11. The highest BCUT2D eigenvalue weighted by Crippen LogP contribution is 2.47. The molecule has 2 heteroatoms. The Labute approximate surface area is 53.2 Å². The molecule has 9 heavy (non-hydrogen) atoms. The van der Waals surface area contributed by atoms with Gasteiger partial charge in [0.05, 0.1) is 0 Å². The Bertz CT molecular complexity index is 124. The van der Waals surface area contributed by atoms with Crippen LogP contribution in [0.25, 0.3) is 0 Å². The summed E-state index contributed by atoms with van der Waals surface area (Å²) in [5.74, 6) is -0.153. The van der Waals surface area contributed by atoms with Crippen LogP contribution in [0.5, 0.6) is 0 Å². The highest BCUT2D eigenvalue weighted by molar-refractivity contribution is 4.97. The van der Waals surface area contributed by atoms with E-state index in [-0.39, 0.29) is 11.8 Å². The number of rotatable bonds is 0. The lowest BCUT2D eigenvalue weighted by molar-refractivity contribution is 0.199. The molecule has 0 aromatic carbocycles. The maximum absolute atomic E-state index is 12.8. The fourth-order valence-electron chi connectivity index (χ4n) is 2.17. The zero-order valence-electron chi connectivity index (χ0n) is 5.19. The Morgan fingerprint density at radius 3 is 2.11 bits per heavy atom. The van der Waals surface area contributed by atoms with Gasteiger partial charge < -0.3 is 0 Å². The first-order chi connectivity index (χ1) is 4.29. The Hall–Kier alpha value is -0.140. The second-order valence-corrected chi connectivity index (χ2v) is 3.20. The van der Waals surface area contributed by atoms with Crippen molar-refractivity contribution in [3.05, 3.63) is 0 Å². The van der Waals surface area contributed by atoms with Gasteiger partial charge in [0.1, 0.15) is 12.3 Å². The van der Waals surface area contributed by atoms with E-state index in [1.165, 1.54) is 0 Å². The summed E-state index contributed by atoms with van der Waals surface area (Å²) in [6, 6.07) is 0. The van der Waals surface area contributed by atoms with E-state index in [9.17, 15) is 8.78 Å². The van der Waals surface area contributed by atoms with Crippen molar-refractivity contribution < 1.29 is 8.78 Å². The molecule has 0 aromatic rings. The Kier molecular flexibility index (Phi) is 1.05. The van der Waals surface area contributed by atoms with Gasteiger partial charge >= 0.3 is 0 Å². The molecule has 2 aliphatic rings. The van der Waals surface area contributed by atoms with Crippen molar-refractivity contribution in [3.8, 4) is 0 Å². The summed E-state index contributed by atoms with van der Waals surface area (Å²) in [7, 11) is 0. The van der Waals surface area contributed by atoms with E-state index < -0.39 is 12.3 Å². The Morgan fingerprint density at radius 2 is 1.89 bits per heavy atom. The van der Waals surface area contributed by atoms with Gasteiger partial charge in [0.15, 0.2) is 0 Å². The summed E-state index contributed by atoms with van der Waals surface area (Å²) in [5, 5.41) is 0. The molecule has 0 aliphatic heterocycles. The quantitative estimate of drug-likeness (QED) is 0.473. The van der Waals surface area contributed by atoms with Gasteiger partial charge in [-0.15, -0.1) is 0 Å². The molecular formula is C7H10F2. The molecule has 0 spiro atoms. The molecule has 0 amide bonds. The molecule has 0 nitrogen and oxygen atoms in total. The van der Waals surface area contributed by atoms with Gasteiger partial charge in [-0.25, -0.2) is 8.78 Å². The highest BCUT2D eigenvalue weighted by Gasteiger charge is 2.48. The van der Waals surface area contributed by atoms with E-state index in [1.807, 2.05) is 0 Å². The topological polar surface area (TPSA) is 0 Å². The van der Waals surface area contributed by atoms with E-state index in [4.69, 9.17) is 0 Å². The van der Waals surface area contributed by atoms with Crippen molar-refractivity contribution in [2.45, 2.75) is 31.6 Å².